The monoisotopic (exact) mass is 464 g/mol. The normalized spacial score (nSPS) is 11.7. The summed E-state index contributed by atoms with van der Waals surface area (Å²) in [6, 6.07) is 11.2. The number of aryl methyl sites for hydroxylation is 1. The first kappa shape index (κ1) is 22.5. The third kappa shape index (κ3) is 5.95. The van der Waals surface area contributed by atoms with Gasteiger partial charge in [0.25, 0.3) is 0 Å². The van der Waals surface area contributed by atoms with Crippen LogP contribution in [0.3, 0.4) is 0 Å². The molecule has 8 nitrogen and oxygen atoms in total. The predicted octanol–water partition coefficient (Wildman–Crippen LogP) is 4.59. The SMILES string of the molecule is COc1cc(C(C)NC(=O)CCc2nc(-c3ccsc3)no2)ccc1OCc1ccncc1. The zero-order valence-corrected chi connectivity index (χ0v) is 19.2. The first-order valence-corrected chi connectivity index (χ1v) is 11.4. The first-order valence-electron chi connectivity index (χ1n) is 10.5. The number of nitrogens with one attached hydrogen (secondary N) is 1. The quantitative estimate of drug-likeness (QED) is 0.366. The number of carbonyl (C=O) groups excluding carboxylic acids is 1. The van der Waals surface area contributed by atoms with Crippen molar-refractivity contribution in [2.24, 2.45) is 0 Å². The highest BCUT2D eigenvalue weighted by atomic mass is 32.1. The summed E-state index contributed by atoms with van der Waals surface area (Å²) in [5, 5.41) is 10.9. The van der Waals surface area contributed by atoms with Gasteiger partial charge in [-0.1, -0.05) is 11.2 Å². The van der Waals surface area contributed by atoms with Gasteiger partial charge in [0.15, 0.2) is 11.5 Å². The minimum Gasteiger partial charge on any atom is -0.493 e. The summed E-state index contributed by atoms with van der Waals surface area (Å²) in [4.78, 5) is 20.8. The van der Waals surface area contributed by atoms with Crippen molar-refractivity contribution in [2.75, 3.05) is 7.11 Å². The number of ether oxygens (including phenoxy) is 2. The molecule has 0 saturated heterocycles. The molecule has 0 saturated carbocycles. The average molecular weight is 465 g/mol. The van der Waals surface area contributed by atoms with E-state index in [0.717, 1.165) is 16.7 Å². The Morgan fingerprint density at radius 1 is 1.18 bits per heavy atom. The number of pyridine rings is 1. The van der Waals surface area contributed by atoms with E-state index in [1.165, 1.54) is 0 Å². The number of hydrogen-bond donors (Lipinski definition) is 1. The zero-order valence-electron chi connectivity index (χ0n) is 18.4. The molecule has 1 aromatic carbocycles. The average Bonchev–Trinajstić information content (AvgIpc) is 3.54. The van der Waals surface area contributed by atoms with Gasteiger partial charge in [0.05, 0.1) is 13.2 Å². The Balaban J connectivity index is 1.30. The van der Waals surface area contributed by atoms with E-state index in [4.69, 9.17) is 14.0 Å². The van der Waals surface area contributed by atoms with E-state index in [0.29, 0.717) is 36.2 Å². The molecule has 0 spiro atoms. The van der Waals surface area contributed by atoms with Gasteiger partial charge in [0.1, 0.15) is 6.61 Å². The number of hydrogen-bond acceptors (Lipinski definition) is 8. The van der Waals surface area contributed by atoms with Crippen LogP contribution in [0.1, 0.15) is 36.4 Å². The smallest absolute Gasteiger partial charge is 0.227 e. The van der Waals surface area contributed by atoms with Crippen LogP contribution in [0.4, 0.5) is 0 Å². The van der Waals surface area contributed by atoms with Crippen LogP contribution >= 0.6 is 11.3 Å². The van der Waals surface area contributed by atoms with Gasteiger partial charge in [-0.2, -0.15) is 16.3 Å². The zero-order chi connectivity index (χ0) is 23.0. The number of nitrogens with zero attached hydrogens (tertiary/aromatic N) is 3. The molecule has 1 unspecified atom stereocenters. The Morgan fingerprint density at radius 2 is 2.03 bits per heavy atom. The fourth-order valence-corrected chi connectivity index (χ4v) is 3.83. The maximum absolute atomic E-state index is 12.5. The molecule has 0 radical (unpaired) electrons. The third-order valence-electron chi connectivity index (χ3n) is 5.02. The first-order chi connectivity index (χ1) is 16.1. The van der Waals surface area contributed by atoms with Gasteiger partial charge in [-0.3, -0.25) is 9.78 Å². The van der Waals surface area contributed by atoms with Crippen LogP contribution in [0.5, 0.6) is 11.5 Å². The molecule has 4 rings (SSSR count). The number of benzene rings is 1. The lowest BCUT2D eigenvalue weighted by atomic mass is 10.1. The second-order valence-electron chi connectivity index (χ2n) is 7.37. The fourth-order valence-electron chi connectivity index (χ4n) is 3.20. The summed E-state index contributed by atoms with van der Waals surface area (Å²) in [5.41, 5.74) is 2.84. The number of amides is 1. The number of aromatic nitrogens is 3. The van der Waals surface area contributed by atoms with Crippen molar-refractivity contribution in [1.82, 2.24) is 20.4 Å². The second-order valence-corrected chi connectivity index (χ2v) is 8.15. The summed E-state index contributed by atoms with van der Waals surface area (Å²) in [6.45, 7) is 2.33. The summed E-state index contributed by atoms with van der Waals surface area (Å²) in [6.07, 6.45) is 4.08. The lowest BCUT2D eigenvalue weighted by molar-refractivity contribution is -0.121. The molecule has 0 aliphatic rings. The van der Waals surface area contributed by atoms with E-state index in [2.05, 4.69) is 20.4 Å². The van der Waals surface area contributed by atoms with E-state index in [-0.39, 0.29) is 18.4 Å². The summed E-state index contributed by atoms with van der Waals surface area (Å²) in [5.74, 6) is 2.12. The Labute approximate surface area is 195 Å². The topological polar surface area (TPSA) is 99.4 Å². The van der Waals surface area contributed by atoms with E-state index < -0.39 is 0 Å². The van der Waals surface area contributed by atoms with Crippen LogP contribution in [-0.2, 0) is 17.8 Å². The molecule has 0 aliphatic heterocycles. The summed E-state index contributed by atoms with van der Waals surface area (Å²) >= 11 is 1.57. The molecule has 170 valence electrons. The molecule has 0 fully saturated rings. The largest absolute Gasteiger partial charge is 0.493 e. The summed E-state index contributed by atoms with van der Waals surface area (Å²) in [7, 11) is 1.59. The summed E-state index contributed by atoms with van der Waals surface area (Å²) < 4.78 is 16.6. The highest BCUT2D eigenvalue weighted by Crippen LogP contribution is 2.31. The molecule has 1 N–H and O–H groups in total. The predicted molar refractivity (Wildman–Crippen MR) is 124 cm³/mol. The third-order valence-corrected chi connectivity index (χ3v) is 5.71. The highest BCUT2D eigenvalue weighted by Gasteiger charge is 2.15. The van der Waals surface area contributed by atoms with Crippen LogP contribution < -0.4 is 14.8 Å². The molecule has 4 aromatic rings. The van der Waals surface area contributed by atoms with Gasteiger partial charge in [-0.25, -0.2) is 0 Å². The second kappa shape index (κ2) is 10.7. The van der Waals surface area contributed by atoms with E-state index in [1.807, 2.05) is 54.1 Å². The minimum atomic E-state index is -0.204. The lowest BCUT2D eigenvalue weighted by Crippen LogP contribution is -2.26. The minimum absolute atomic E-state index is 0.102. The van der Waals surface area contributed by atoms with Crippen LogP contribution in [0.2, 0.25) is 0 Å². The molecule has 3 heterocycles. The van der Waals surface area contributed by atoms with Crippen molar-refractivity contribution in [1.29, 1.82) is 0 Å². The van der Waals surface area contributed by atoms with Crippen LogP contribution in [0.15, 0.2) is 64.1 Å². The van der Waals surface area contributed by atoms with Gasteiger partial charge in [-0.05, 0) is 53.8 Å². The Kier molecular flexibility index (Phi) is 7.31. The van der Waals surface area contributed by atoms with Crippen LogP contribution in [0.25, 0.3) is 11.4 Å². The van der Waals surface area contributed by atoms with Crippen molar-refractivity contribution < 1.29 is 18.8 Å². The number of rotatable bonds is 10. The van der Waals surface area contributed by atoms with Crippen molar-refractivity contribution in [3.05, 3.63) is 76.6 Å². The molecule has 33 heavy (non-hydrogen) atoms. The van der Waals surface area contributed by atoms with Gasteiger partial charge < -0.3 is 19.3 Å². The van der Waals surface area contributed by atoms with Gasteiger partial charge in [0, 0.05) is 36.2 Å². The van der Waals surface area contributed by atoms with Crippen molar-refractivity contribution in [3.8, 4) is 22.9 Å². The highest BCUT2D eigenvalue weighted by molar-refractivity contribution is 7.08. The van der Waals surface area contributed by atoms with Crippen molar-refractivity contribution >= 4 is 17.2 Å². The Hall–Kier alpha value is -3.72. The molecule has 0 bridgehead atoms. The fraction of sp³-hybridized carbons (Fsp3) is 0.250. The molecule has 0 aliphatic carbocycles. The standard InChI is InChI=1S/C24H24N4O4S/c1-16(26-22(29)5-6-23-27-24(28-32-23)19-9-12-33-15-19)18-3-4-20(21(13-18)30-2)31-14-17-7-10-25-11-8-17/h3-4,7-13,15-16H,5-6,14H2,1-2H3,(H,26,29). The van der Waals surface area contributed by atoms with Gasteiger partial charge in [0.2, 0.25) is 17.6 Å². The Morgan fingerprint density at radius 3 is 2.79 bits per heavy atom. The van der Waals surface area contributed by atoms with Gasteiger partial charge >= 0.3 is 0 Å². The van der Waals surface area contributed by atoms with Crippen LogP contribution in [-0.4, -0.2) is 28.1 Å². The van der Waals surface area contributed by atoms with Crippen molar-refractivity contribution in [2.45, 2.75) is 32.4 Å². The number of carbonyl (C=O) groups is 1. The molecular formula is C24H24N4O4S. The maximum atomic E-state index is 12.5. The van der Waals surface area contributed by atoms with Crippen molar-refractivity contribution in [3.63, 3.8) is 0 Å². The molecule has 1 amide bonds. The van der Waals surface area contributed by atoms with E-state index in [9.17, 15) is 4.79 Å². The van der Waals surface area contributed by atoms with Gasteiger partial charge in [-0.15, -0.1) is 0 Å². The Bertz CT molecular complexity index is 1180. The lowest BCUT2D eigenvalue weighted by Gasteiger charge is -2.17. The number of thiophene rings is 1. The molecule has 9 heteroatoms. The number of methoxy groups -OCH3 is 1. The molecule has 1 atom stereocenters. The maximum Gasteiger partial charge on any atom is 0.227 e. The molecular weight excluding hydrogens is 440 g/mol. The van der Waals surface area contributed by atoms with Crippen LogP contribution in [0, 0.1) is 0 Å². The molecule has 3 aromatic heterocycles. The van der Waals surface area contributed by atoms with E-state index in [1.54, 1.807) is 30.8 Å². The van der Waals surface area contributed by atoms with E-state index >= 15 is 0 Å².